The molecular formula is C23H25ClN2O4. The van der Waals surface area contributed by atoms with Crippen LogP contribution in [-0.2, 0) is 19.1 Å². The highest BCUT2D eigenvalue weighted by Crippen LogP contribution is 2.51. The van der Waals surface area contributed by atoms with Gasteiger partial charge in [0.15, 0.2) is 5.41 Å². The van der Waals surface area contributed by atoms with E-state index >= 15 is 0 Å². The molecule has 0 amide bonds. The lowest BCUT2D eigenvalue weighted by Crippen LogP contribution is -2.39. The van der Waals surface area contributed by atoms with Gasteiger partial charge >= 0.3 is 11.9 Å². The summed E-state index contributed by atoms with van der Waals surface area (Å²) >= 11 is 5.98. The van der Waals surface area contributed by atoms with Crippen LogP contribution in [0.3, 0.4) is 0 Å². The fourth-order valence-corrected chi connectivity index (χ4v) is 3.42. The van der Waals surface area contributed by atoms with Crippen molar-refractivity contribution in [2.75, 3.05) is 0 Å². The molecule has 0 spiro atoms. The zero-order chi connectivity index (χ0) is 22.9. The van der Waals surface area contributed by atoms with E-state index in [9.17, 15) is 20.1 Å². The second-order valence-corrected chi connectivity index (χ2v) is 9.68. The van der Waals surface area contributed by atoms with E-state index in [0.29, 0.717) is 16.2 Å². The van der Waals surface area contributed by atoms with Crippen molar-refractivity contribution < 1.29 is 19.1 Å². The van der Waals surface area contributed by atoms with Crippen molar-refractivity contribution in [3.05, 3.63) is 40.4 Å². The maximum Gasteiger partial charge on any atom is 0.335 e. The Labute approximate surface area is 182 Å². The molecule has 1 aromatic rings. The van der Waals surface area contributed by atoms with Crippen LogP contribution in [0, 0.1) is 34.0 Å². The van der Waals surface area contributed by atoms with Crippen LogP contribution in [0.2, 0.25) is 5.02 Å². The van der Waals surface area contributed by atoms with E-state index < -0.39 is 34.5 Å². The topological polar surface area (TPSA) is 100 Å². The summed E-state index contributed by atoms with van der Waals surface area (Å²) in [7, 11) is 0. The minimum absolute atomic E-state index is 0.0235. The molecule has 0 aliphatic heterocycles. The average molecular weight is 429 g/mol. The van der Waals surface area contributed by atoms with Crippen LogP contribution in [0.4, 0.5) is 0 Å². The number of nitrogens with zero attached hydrogens (tertiary/aromatic N) is 2. The van der Waals surface area contributed by atoms with Gasteiger partial charge in [-0.15, -0.1) is 0 Å². The number of nitriles is 2. The van der Waals surface area contributed by atoms with Gasteiger partial charge < -0.3 is 9.47 Å². The summed E-state index contributed by atoms with van der Waals surface area (Å²) in [6.07, 6.45) is -0.111. The van der Waals surface area contributed by atoms with E-state index in [0.717, 1.165) is 0 Å². The van der Waals surface area contributed by atoms with E-state index in [1.54, 1.807) is 65.8 Å². The van der Waals surface area contributed by atoms with E-state index in [-0.39, 0.29) is 12.0 Å². The number of hydrogen-bond acceptors (Lipinski definition) is 6. The predicted octanol–water partition coefficient (Wildman–Crippen LogP) is 4.83. The Hall–Kier alpha value is -2.83. The number of allylic oxidation sites excluding steroid dienone is 1. The molecule has 0 bridgehead atoms. The molecule has 158 valence electrons. The SMILES string of the molecule is CC(C)(C)OC(=O)C1=C(c2ccc(Cl)cc2)CC(C#N)(C#N)C1C(=O)OC(C)(C)C. The lowest BCUT2D eigenvalue weighted by Gasteiger charge is -2.28. The zero-order valence-electron chi connectivity index (χ0n) is 18.0. The molecule has 2 rings (SSSR count). The van der Waals surface area contributed by atoms with Gasteiger partial charge in [0.05, 0.1) is 17.7 Å². The molecule has 0 heterocycles. The number of carbonyl (C=O) groups is 2. The second-order valence-electron chi connectivity index (χ2n) is 9.24. The van der Waals surface area contributed by atoms with E-state index in [2.05, 4.69) is 0 Å². The zero-order valence-corrected chi connectivity index (χ0v) is 18.8. The summed E-state index contributed by atoms with van der Waals surface area (Å²) in [5.41, 5.74) is -2.52. The third-order valence-corrected chi connectivity index (χ3v) is 4.67. The summed E-state index contributed by atoms with van der Waals surface area (Å²) in [5.74, 6) is -2.96. The maximum atomic E-state index is 13.2. The fraction of sp³-hybridized carbons (Fsp3) is 0.478. The Morgan fingerprint density at radius 2 is 1.50 bits per heavy atom. The van der Waals surface area contributed by atoms with Crippen molar-refractivity contribution in [3.8, 4) is 12.1 Å². The molecule has 0 fully saturated rings. The van der Waals surface area contributed by atoms with Crippen LogP contribution in [0.15, 0.2) is 29.8 Å². The summed E-state index contributed by atoms with van der Waals surface area (Å²) in [4.78, 5) is 26.3. The van der Waals surface area contributed by atoms with Gasteiger partial charge in [-0.25, -0.2) is 4.79 Å². The predicted molar refractivity (Wildman–Crippen MR) is 112 cm³/mol. The van der Waals surface area contributed by atoms with Gasteiger partial charge in [0, 0.05) is 11.4 Å². The molecule has 1 unspecified atom stereocenters. The third kappa shape index (κ3) is 5.01. The molecule has 0 saturated heterocycles. The Balaban J connectivity index is 2.74. The molecule has 1 atom stereocenters. The van der Waals surface area contributed by atoms with Crippen LogP contribution in [0.25, 0.3) is 5.57 Å². The normalized spacial score (nSPS) is 18.4. The van der Waals surface area contributed by atoms with Crippen molar-refractivity contribution >= 4 is 29.1 Å². The summed E-state index contributed by atoms with van der Waals surface area (Å²) in [6, 6.07) is 10.6. The maximum absolute atomic E-state index is 13.2. The fourth-order valence-electron chi connectivity index (χ4n) is 3.29. The molecule has 1 aliphatic rings. The van der Waals surface area contributed by atoms with Gasteiger partial charge in [-0.2, -0.15) is 10.5 Å². The van der Waals surface area contributed by atoms with Crippen LogP contribution in [0.5, 0.6) is 0 Å². The highest BCUT2D eigenvalue weighted by atomic mass is 35.5. The highest BCUT2D eigenvalue weighted by Gasteiger charge is 2.57. The highest BCUT2D eigenvalue weighted by molar-refractivity contribution is 6.30. The first-order valence-electron chi connectivity index (χ1n) is 9.51. The Bertz CT molecular complexity index is 953. The van der Waals surface area contributed by atoms with E-state index in [1.165, 1.54) is 0 Å². The number of ether oxygens (including phenoxy) is 2. The number of hydrogen-bond donors (Lipinski definition) is 0. The first-order chi connectivity index (χ1) is 13.7. The molecule has 1 aliphatic carbocycles. The minimum atomic E-state index is -1.79. The van der Waals surface area contributed by atoms with Crippen molar-refractivity contribution in [2.45, 2.75) is 59.2 Å². The average Bonchev–Trinajstić information content (AvgIpc) is 2.95. The monoisotopic (exact) mass is 428 g/mol. The molecule has 0 saturated carbocycles. The van der Waals surface area contributed by atoms with Crippen molar-refractivity contribution in [1.82, 2.24) is 0 Å². The van der Waals surface area contributed by atoms with Crippen molar-refractivity contribution in [2.24, 2.45) is 11.3 Å². The standard InChI is InChI=1S/C23H25ClN2O4/c1-21(2,3)29-19(27)17-16(14-7-9-15(24)10-8-14)11-23(12-25,13-26)18(17)20(28)30-22(4,5)6/h7-10,18H,11H2,1-6H3. The first-order valence-corrected chi connectivity index (χ1v) is 9.88. The molecular weight excluding hydrogens is 404 g/mol. The molecule has 0 radical (unpaired) electrons. The van der Waals surface area contributed by atoms with E-state index in [1.807, 2.05) is 12.1 Å². The molecule has 7 heteroatoms. The van der Waals surface area contributed by atoms with Crippen LogP contribution >= 0.6 is 11.6 Å². The quantitative estimate of drug-likeness (QED) is 0.639. The first kappa shape index (κ1) is 23.4. The van der Waals surface area contributed by atoms with Gasteiger partial charge in [-0.3, -0.25) is 4.79 Å². The minimum Gasteiger partial charge on any atom is -0.459 e. The van der Waals surface area contributed by atoms with Crippen molar-refractivity contribution in [1.29, 1.82) is 10.5 Å². The number of rotatable bonds is 3. The number of esters is 2. The Kier molecular flexibility index (Phi) is 6.35. The summed E-state index contributed by atoms with van der Waals surface area (Å²) in [5, 5.41) is 20.3. The largest absolute Gasteiger partial charge is 0.459 e. The third-order valence-electron chi connectivity index (χ3n) is 4.42. The molecule has 6 nitrogen and oxygen atoms in total. The molecule has 30 heavy (non-hydrogen) atoms. The number of benzene rings is 1. The van der Waals surface area contributed by atoms with Crippen LogP contribution < -0.4 is 0 Å². The number of carbonyl (C=O) groups excluding carboxylic acids is 2. The molecule has 0 N–H and O–H groups in total. The van der Waals surface area contributed by atoms with Gasteiger partial charge in [-0.1, -0.05) is 23.7 Å². The second kappa shape index (κ2) is 8.13. The van der Waals surface area contributed by atoms with Gasteiger partial charge in [-0.05, 0) is 64.8 Å². The van der Waals surface area contributed by atoms with Crippen LogP contribution in [0.1, 0.15) is 53.5 Å². The summed E-state index contributed by atoms with van der Waals surface area (Å²) < 4.78 is 11.0. The van der Waals surface area contributed by atoms with Crippen LogP contribution in [-0.4, -0.2) is 23.1 Å². The molecule has 0 aromatic heterocycles. The van der Waals surface area contributed by atoms with Gasteiger partial charge in [0.2, 0.25) is 0 Å². The van der Waals surface area contributed by atoms with Crippen molar-refractivity contribution in [3.63, 3.8) is 0 Å². The lowest BCUT2D eigenvalue weighted by atomic mass is 9.77. The Morgan fingerprint density at radius 1 is 1.00 bits per heavy atom. The smallest absolute Gasteiger partial charge is 0.335 e. The number of halogens is 1. The van der Waals surface area contributed by atoms with E-state index in [4.69, 9.17) is 21.1 Å². The van der Waals surface area contributed by atoms with Gasteiger partial charge in [0.1, 0.15) is 17.1 Å². The molecule has 1 aromatic carbocycles. The van der Waals surface area contributed by atoms with Gasteiger partial charge in [0.25, 0.3) is 0 Å². The summed E-state index contributed by atoms with van der Waals surface area (Å²) in [6.45, 7) is 10.1. The Morgan fingerprint density at radius 3 is 1.93 bits per heavy atom. The lowest BCUT2D eigenvalue weighted by molar-refractivity contribution is -0.164.